The third-order valence-electron chi connectivity index (χ3n) is 5.48. The summed E-state index contributed by atoms with van der Waals surface area (Å²) < 4.78 is 30.4. The van der Waals surface area contributed by atoms with Gasteiger partial charge in [-0.2, -0.15) is 0 Å². The Kier molecular flexibility index (Phi) is 9.58. The number of rotatable bonds is 10. The second-order valence-electron chi connectivity index (χ2n) is 7.90. The van der Waals surface area contributed by atoms with Crippen LogP contribution in [0.4, 0.5) is 10.1 Å². The van der Waals surface area contributed by atoms with Crippen LogP contribution >= 0.6 is 11.6 Å². The molecule has 3 rings (SSSR count). The predicted octanol–water partition coefficient (Wildman–Crippen LogP) is 4.56. The lowest BCUT2D eigenvalue weighted by Crippen LogP contribution is -2.34. The topological polar surface area (TPSA) is 95.0 Å². The molecule has 1 aliphatic carbocycles. The lowest BCUT2D eigenvalue weighted by atomic mass is 9.90. The molecule has 1 aliphatic rings. The monoisotopic (exact) mass is 516 g/mol. The molecule has 1 amide bonds. The Morgan fingerprint density at radius 2 is 1.97 bits per heavy atom. The van der Waals surface area contributed by atoms with Crippen LogP contribution in [0.15, 0.2) is 60.5 Å². The maximum atomic E-state index is 15.2. The summed E-state index contributed by atoms with van der Waals surface area (Å²) in [5, 5.41) is -0.0838. The molecule has 1 aromatic heterocycles. The van der Waals surface area contributed by atoms with Crippen LogP contribution in [0.5, 0.6) is 5.75 Å². The first-order valence-electron chi connectivity index (χ1n) is 11.2. The highest BCUT2D eigenvalue weighted by atomic mass is 35.5. The van der Waals surface area contributed by atoms with Crippen molar-refractivity contribution < 1.29 is 33.0 Å². The third kappa shape index (κ3) is 6.69. The molecule has 0 spiro atoms. The van der Waals surface area contributed by atoms with Gasteiger partial charge >= 0.3 is 11.9 Å². The van der Waals surface area contributed by atoms with Gasteiger partial charge in [0.2, 0.25) is 0 Å². The van der Waals surface area contributed by atoms with Crippen LogP contribution in [-0.4, -0.2) is 43.2 Å². The lowest BCUT2D eigenvalue weighted by molar-refractivity contribution is -0.143. The fourth-order valence-electron chi connectivity index (χ4n) is 3.72. The molecule has 2 aromatic rings. The summed E-state index contributed by atoms with van der Waals surface area (Å²) in [6.45, 7) is 3.05. The van der Waals surface area contributed by atoms with Gasteiger partial charge in [-0.15, -0.1) is 0 Å². The van der Waals surface area contributed by atoms with Gasteiger partial charge in [-0.1, -0.05) is 30.3 Å². The number of benzene rings is 1. The van der Waals surface area contributed by atoms with E-state index in [1.165, 1.54) is 24.2 Å². The summed E-state index contributed by atoms with van der Waals surface area (Å²) in [5.41, 5.74) is 1.01. The van der Waals surface area contributed by atoms with E-state index in [0.29, 0.717) is 24.8 Å². The predicted molar refractivity (Wildman–Crippen MR) is 131 cm³/mol. The highest BCUT2D eigenvalue weighted by Crippen LogP contribution is 2.36. The van der Waals surface area contributed by atoms with Crippen molar-refractivity contribution in [2.24, 2.45) is 0 Å². The van der Waals surface area contributed by atoms with E-state index >= 15 is 4.39 Å². The molecule has 0 saturated carbocycles. The average Bonchev–Trinajstić information content (AvgIpc) is 2.90. The Balaban J connectivity index is 2.06. The smallest absolute Gasteiger partial charge is 0.343 e. The van der Waals surface area contributed by atoms with E-state index in [0.717, 1.165) is 12.5 Å². The molecular formula is C26H26ClFN2O6. The van der Waals surface area contributed by atoms with Crippen molar-refractivity contribution in [1.29, 1.82) is 0 Å². The minimum atomic E-state index is -0.783. The first-order valence-corrected chi connectivity index (χ1v) is 11.6. The Bertz CT molecular complexity index is 1170. The largest absolute Gasteiger partial charge is 0.480 e. The van der Waals surface area contributed by atoms with Crippen molar-refractivity contribution in [3.63, 3.8) is 0 Å². The number of aromatic nitrogens is 1. The van der Waals surface area contributed by atoms with Gasteiger partial charge in [0.1, 0.15) is 18.2 Å². The zero-order chi connectivity index (χ0) is 26.1. The quantitative estimate of drug-likeness (QED) is 0.337. The van der Waals surface area contributed by atoms with Crippen LogP contribution in [0.2, 0.25) is 5.02 Å². The molecule has 0 saturated heterocycles. The van der Waals surface area contributed by atoms with Crippen molar-refractivity contribution in [2.45, 2.75) is 32.2 Å². The van der Waals surface area contributed by atoms with E-state index in [9.17, 15) is 14.4 Å². The molecule has 0 aliphatic heterocycles. The van der Waals surface area contributed by atoms with Crippen molar-refractivity contribution in [1.82, 2.24) is 4.98 Å². The zero-order valence-corrected chi connectivity index (χ0v) is 20.6. The van der Waals surface area contributed by atoms with Crippen molar-refractivity contribution >= 4 is 35.1 Å². The van der Waals surface area contributed by atoms with Crippen molar-refractivity contribution in [3.05, 3.63) is 76.9 Å². The number of hydrogen-bond donors (Lipinski definition) is 0. The van der Waals surface area contributed by atoms with Gasteiger partial charge in [0, 0.05) is 29.6 Å². The molecule has 0 bridgehead atoms. The van der Waals surface area contributed by atoms with Crippen molar-refractivity contribution in [2.75, 3.05) is 25.2 Å². The van der Waals surface area contributed by atoms with Gasteiger partial charge in [0.05, 0.1) is 24.4 Å². The van der Waals surface area contributed by atoms with E-state index in [4.69, 9.17) is 21.1 Å². The maximum absolute atomic E-state index is 15.2. The normalized spacial score (nSPS) is 13.1. The van der Waals surface area contributed by atoms with Gasteiger partial charge in [-0.3, -0.25) is 9.78 Å². The molecule has 190 valence electrons. The summed E-state index contributed by atoms with van der Waals surface area (Å²) >= 11 is 6.13. The maximum Gasteiger partial charge on any atom is 0.343 e. The standard InChI is InChI=1S/C26H26ClFN2O6/c1-3-11-35-26(33)19-9-5-4-8-18(19)25(32)30(15-17-7-6-10-29-14-17)22-13-23(20(27)12-21(22)28)36-16-24(31)34-2/h3,6-7,10,12-14H,1,4-5,8-9,11,15-16H2,2H3. The Hall–Kier alpha value is -3.72. The number of hydrogen-bond acceptors (Lipinski definition) is 7. The van der Waals surface area contributed by atoms with Crippen LogP contribution in [0, 0.1) is 5.82 Å². The van der Waals surface area contributed by atoms with Gasteiger partial charge in [0.15, 0.2) is 6.61 Å². The van der Waals surface area contributed by atoms with E-state index in [1.54, 1.807) is 24.5 Å². The SMILES string of the molecule is C=CCOC(=O)C1=C(C(=O)N(Cc2cccnc2)c2cc(OCC(=O)OC)c(Cl)cc2F)CCCC1. The minimum absolute atomic E-state index is 0.00862. The first-order chi connectivity index (χ1) is 17.3. The second kappa shape index (κ2) is 12.8. The van der Waals surface area contributed by atoms with Gasteiger partial charge in [0.25, 0.3) is 5.91 Å². The van der Waals surface area contributed by atoms with E-state index < -0.39 is 30.3 Å². The van der Waals surface area contributed by atoms with Crippen molar-refractivity contribution in [3.8, 4) is 5.75 Å². The fraction of sp³-hybridized carbons (Fsp3) is 0.308. The fourth-order valence-corrected chi connectivity index (χ4v) is 3.93. The molecule has 0 N–H and O–H groups in total. The number of amides is 1. The second-order valence-corrected chi connectivity index (χ2v) is 8.31. The average molecular weight is 517 g/mol. The third-order valence-corrected chi connectivity index (χ3v) is 5.77. The van der Waals surface area contributed by atoms with Crippen LogP contribution in [0.3, 0.4) is 0 Å². The lowest BCUT2D eigenvalue weighted by Gasteiger charge is -2.28. The molecular weight excluding hydrogens is 491 g/mol. The molecule has 10 heteroatoms. The van der Waals surface area contributed by atoms with Gasteiger partial charge in [-0.05, 0) is 43.4 Å². The molecule has 1 aromatic carbocycles. The molecule has 0 unspecified atom stereocenters. The number of pyridine rings is 1. The van der Waals surface area contributed by atoms with Crippen LogP contribution < -0.4 is 9.64 Å². The van der Waals surface area contributed by atoms with E-state index in [2.05, 4.69) is 16.3 Å². The van der Waals surface area contributed by atoms with Crippen LogP contribution in [0.25, 0.3) is 0 Å². The minimum Gasteiger partial charge on any atom is -0.480 e. The highest BCUT2D eigenvalue weighted by Gasteiger charge is 2.30. The Morgan fingerprint density at radius 3 is 2.64 bits per heavy atom. The van der Waals surface area contributed by atoms with Gasteiger partial charge < -0.3 is 19.1 Å². The molecule has 8 nitrogen and oxygen atoms in total. The highest BCUT2D eigenvalue weighted by molar-refractivity contribution is 6.32. The zero-order valence-electron chi connectivity index (χ0n) is 19.8. The number of anilines is 1. The van der Waals surface area contributed by atoms with E-state index in [-0.39, 0.29) is 40.8 Å². The Labute approximate surface area is 213 Å². The first kappa shape index (κ1) is 26.9. The number of carbonyl (C=O) groups excluding carboxylic acids is 3. The molecule has 36 heavy (non-hydrogen) atoms. The van der Waals surface area contributed by atoms with Gasteiger partial charge in [-0.25, -0.2) is 14.0 Å². The summed E-state index contributed by atoms with van der Waals surface area (Å²) in [4.78, 5) is 43.3. The number of halogens is 2. The number of ether oxygens (including phenoxy) is 3. The van der Waals surface area contributed by atoms with Crippen LogP contribution in [-0.2, 0) is 30.4 Å². The summed E-state index contributed by atoms with van der Waals surface area (Å²) in [7, 11) is 1.20. The molecule has 0 atom stereocenters. The molecule has 0 radical (unpaired) electrons. The summed E-state index contributed by atoms with van der Waals surface area (Å²) in [6, 6.07) is 5.68. The number of methoxy groups -OCH3 is 1. The molecule has 0 fully saturated rings. The number of nitrogens with zero attached hydrogens (tertiary/aromatic N) is 2. The number of carbonyl (C=O) groups is 3. The number of esters is 2. The van der Waals surface area contributed by atoms with E-state index in [1.807, 2.05) is 0 Å². The van der Waals surface area contributed by atoms with Crippen LogP contribution in [0.1, 0.15) is 31.2 Å². The molecule has 1 heterocycles. The summed E-state index contributed by atoms with van der Waals surface area (Å²) in [6.07, 6.45) is 6.69. The Morgan fingerprint density at radius 1 is 1.22 bits per heavy atom. The summed E-state index contributed by atoms with van der Waals surface area (Å²) in [5.74, 6) is -2.60.